The maximum Gasteiger partial charge on any atom is 0.119 e. The van der Waals surface area contributed by atoms with Gasteiger partial charge in [-0.3, -0.25) is 4.90 Å². The molecule has 1 fully saturated rings. The van der Waals surface area contributed by atoms with Crippen LogP contribution in [0.15, 0.2) is 48.8 Å². The van der Waals surface area contributed by atoms with Gasteiger partial charge in [-0.25, -0.2) is 4.98 Å². The summed E-state index contributed by atoms with van der Waals surface area (Å²) < 4.78 is 12.1. The summed E-state index contributed by atoms with van der Waals surface area (Å²) >= 11 is 0. The van der Waals surface area contributed by atoms with Crippen molar-refractivity contribution in [2.75, 3.05) is 26.8 Å². The molecule has 2 aromatic carbocycles. The lowest BCUT2D eigenvalue weighted by molar-refractivity contribution is -0.0541. The highest BCUT2D eigenvalue weighted by Gasteiger charge is 2.33. The fourth-order valence-electron chi connectivity index (χ4n) is 3.98. The summed E-state index contributed by atoms with van der Waals surface area (Å²) in [4.78, 5) is 10.0. The van der Waals surface area contributed by atoms with Gasteiger partial charge in [0, 0.05) is 20.2 Å². The number of aromatic amines is 1. The fourth-order valence-corrected chi connectivity index (χ4v) is 3.98. The summed E-state index contributed by atoms with van der Waals surface area (Å²) in [7, 11) is 1.82. The third-order valence-electron chi connectivity index (χ3n) is 5.84. The first-order valence-electron chi connectivity index (χ1n) is 10.0. The molecule has 28 heavy (non-hydrogen) atoms. The van der Waals surface area contributed by atoms with E-state index in [0.29, 0.717) is 6.61 Å². The molecule has 1 aliphatic heterocycles. The van der Waals surface area contributed by atoms with Gasteiger partial charge in [-0.05, 0) is 62.6 Å². The average molecular weight is 380 g/mol. The molecular formula is C23H29N3O2. The SMILES string of the molecule is CO[C@@]1(COc2ccc(C)cc2)CCCN(Cc2ccc3nc[nH]c3c2)CC1. The quantitative estimate of drug-likeness (QED) is 0.693. The van der Waals surface area contributed by atoms with Gasteiger partial charge in [-0.15, -0.1) is 0 Å². The van der Waals surface area contributed by atoms with Crippen molar-refractivity contribution in [2.45, 2.75) is 38.3 Å². The molecule has 0 amide bonds. The number of nitrogens with one attached hydrogen (secondary N) is 1. The number of aryl methyl sites for hydroxylation is 1. The Morgan fingerprint density at radius 2 is 1.96 bits per heavy atom. The number of fused-ring (bicyclic) bond motifs is 1. The number of aromatic nitrogens is 2. The van der Waals surface area contributed by atoms with Crippen molar-refractivity contribution >= 4 is 11.0 Å². The molecule has 5 heteroatoms. The van der Waals surface area contributed by atoms with Crippen LogP contribution in [0.25, 0.3) is 11.0 Å². The minimum Gasteiger partial charge on any atom is -0.491 e. The molecule has 1 atom stereocenters. The van der Waals surface area contributed by atoms with Gasteiger partial charge >= 0.3 is 0 Å². The molecule has 5 nitrogen and oxygen atoms in total. The molecule has 1 N–H and O–H groups in total. The van der Waals surface area contributed by atoms with E-state index in [1.165, 1.54) is 11.1 Å². The lowest BCUT2D eigenvalue weighted by Crippen LogP contribution is -2.39. The zero-order valence-corrected chi connectivity index (χ0v) is 16.8. The van der Waals surface area contributed by atoms with Crippen LogP contribution in [0.1, 0.15) is 30.4 Å². The van der Waals surface area contributed by atoms with Crippen molar-refractivity contribution < 1.29 is 9.47 Å². The monoisotopic (exact) mass is 379 g/mol. The van der Waals surface area contributed by atoms with Crippen LogP contribution in [0.2, 0.25) is 0 Å². The van der Waals surface area contributed by atoms with E-state index < -0.39 is 0 Å². The van der Waals surface area contributed by atoms with Gasteiger partial charge < -0.3 is 14.5 Å². The molecule has 0 radical (unpaired) electrons. The van der Waals surface area contributed by atoms with Gasteiger partial charge in [0.05, 0.1) is 17.4 Å². The highest BCUT2D eigenvalue weighted by molar-refractivity contribution is 5.74. The van der Waals surface area contributed by atoms with Crippen molar-refractivity contribution in [3.05, 3.63) is 59.9 Å². The number of benzene rings is 2. The van der Waals surface area contributed by atoms with Crippen LogP contribution in [-0.4, -0.2) is 47.3 Å². The molecule has 2 heterocycles. The Morgan fingerprint density at radius 3 is 2.79 bits per heavy atom. The summed E-state index contributed by atoms with van der Waals surface area (Å²) in [5.74, 6) is 0.913. The second-order valence-electron chi connectivity index (χ2n) is 7.87. The standard InChI is InChI=1S/C23H29N3O2/c1-18-4-7-20(8-5-18)28-16-23(27-2)10-3-12-26(13-11-23)15-19-6-9-21-22(14-19)25-17-24-21/h4-9,14,17H,3,10-13,15-16H2,1-2H3,(H,24,25)/t23-/m0/s1. The predicted octanol–water partition coefficient (Wildman–Crippen LogP) is 4.32. The highest BCUT2D eigenvalue weighted by Crippen LogP contribution is 2.28. The van der Waals surface area contributed by atoms with Crippen LogP contribution in [0.5, 0.6) is 5.75 Å². The predicted molar refractivity (Wildman–Crippen MR) is 112 cm³/mol. The third kappa shape index (κ3) is 4.37. The van der Waals surface area contributed by atoms with Crippen LogP contribution in [0.4, 0.5) is 0 Å². The smallest absolute Gasteiger partial charge is 0.119 e. The third-order valence-corrected chi connectivity index (χ3v) is 5.84. The van der Waals surface area contributed by atoms with E-state index in [1.807, 2.05) is 19.2 Å². The molecule has 3 aromatic rings. The number of rotatable bonds is 6. The Labute approximate surface area is 166 Å². The van der Waals surface area contributed by atoms with Gasteiger partial charge in [-0.1, -0.05) is 23.8 Å². The van der Waals surface area contributed by atoms with E-state index in [2.05, 4.69) is 52.1 Å². The van der Waals surface area contributed by atoms with Gasteiger partial charge in [0.2, 0.25) is 0 Å². The van der Waals surface area contributed by atoms with Gasteiger partial charge in [-0.2, -0.15) is 0 Å². The molecule has 0 unspecified atom stereocenters. The van der Waals surface area contributed by atoms with Crippen molar-refractivity contribution in [1.29, 1.82) is 0 Å². The van der Waals surface area contributed by atoms with Crippen LogP contribution in [0, 0.1) is 6.92 Å². The van der Waals surface area contributed by atoms with E-state index in [1.54, 1.807) is 6.33 Å². The van der Waals surface area contributed by atoms with Crippen molar-refractivity contribution in [3.63, 3.8) is 0 Å². The molecule has 4 rings (SSSR count). The molecule has 0 saturated carbocycles. The largest absolute Gasteiger partial charge is 0.491 e. The highest BCUT2D eigenvalue weighted by atomic mass is 16.5. The molecule has 1 aliphatic rings. The first-order valence-corrected chi connectivity index (χ1v) is 10.0. The minimum absolute atomic E-state index is 0.215. The van der Waals surface area contributed by atoms with E-state index in [-0.39, 0.29) is 5.60 Å². The average Bonchev–Trinajstić information content (AvgIpc) is 3.09. The molecule has 0 bridgehead atoms. The number of methoxy groups -OCH3 is 1. The second kappa shape index (κ2) is 8.33. The molecule has 0 spiro atoms. The fraction of sp³-hybridized carbons (Fsp3) is 0.435. The molecule has 1 aromatic heterocycles. The number of hydrogen-bond acceptors (Lipinski definition) is 4. The Balaban J connectivity index is 1.37. The number of nitrogens with zero attached hydrogens (tertiary/aromatic N) is 2. The molecule has 1 saturated heterocycles. The number of H-pyrrole nitrogens is 1. The summed E-state index contributed by atoms with van der Waals surface area (Å²) in [6.45, 7) is 5.72. The number of ether oxygens (including phenoxy) is 2. The van der Waals surface area contributed by atoms with Crippen molar-refractivity contribution in [3.8, 4) is 5.75 Å². The van der Waals surface area contributed by atoms with Gasteiger partial charge in [0.1, 0.15) is 18.0 Å². The lowest BCUT2D eigenvalue weighted by Gasteiger charge is -2.31. The molecule has 0 aliphatic carbocycles. The Hall–Kier alpha value is -2.37. The summed E-state index contributed by atoms with van der Waals surface area (Å²) in [5, 5.41) is 0. The van der Waals surface area contributed by atoms with E-state index >= 15 is 0 Å². The van der Waals surface area contributed by atoms with E-state index in [4.69, 9.17) is 9.47 Å². The van der Waals surface area contributed by atoms with Gasteiger partial charge in [0.25, 0.3) is 0 Å². The Bertz CT molecular complexity index is 906. The normalized spacial score (nSPS) is 20.9. The van der Waals surface area contributed by atoms with Crippen molar-refractivity contribution in [1.82, 2.24) is 14.9 Å². The summed E-state index contributed by atoms with van der Waals surface area (Å²) in [5.41, 5.74) is 4.47. The minimum atomic E-state index is -0.215. The van der Waals surface area contributed by atoms with Crippen LogP contribution in [0.3, 0.4) is 0 Å². The van der Waals surface area contributed by atoms with Crippen molar-refractivity contribution in [2.24, 2.45) is 0 Å². The van der Waals surface area contributed by atoms with Crippen LogP contribution < -0.4 is 4.74 Å². The maximum atomic E-state index is 6.09. The Kier molecular flexibility index (Phi) is 5.64. The maximum absolute atomic E-state index is 6.09. The number of imidazole rings is 1. The topological polar surface area (TPSA) is 50.4 Å². The lowest BCUT2D eigenvalue weighted by atomic mass is 9.95. The van der Waals surface area contributed by atoms with E-state index in [0.717, 1.165) is 55.7 Å². The zero-order valence-electron chi connectivity index (χ0n) is 16.8. The van der Waals surface area contributed by atoms with Crippen LogP contribution in [-0.2, 0) is 11.3 Å². The van der Waals surface area contributed by atoms with Gasteiger partial charge in [0.15, 0.2) is 0 Å². The van der Waals surface area contributed by atoms with E-state index in [9.17, 15) is 0 Å². The summed E-state index contributed by atoms with van der Waals surface area (Å²) in [6, 6.07) is 14.7. The van der Waals surface area contributed by atoms with Crippen LogP contribution >= 0.6 is 0 Å². The second-order valence-corrected chi connectivity index (χ2v) is 7.87. The Morgan fingerprint density at radius 1 is 1.11 bits per heavy atom. The summed E-state index contributed by atoms with van der Waals surface area (Å²) in [6.07, 6.45) is 4.85. The molecular weight excluding hydrogens is 350 g/mol. The molecule has 148 valence electrons. The number of hydrogen-bond donors (Lipinski definition) is 1. The zero-order chi connectivity index (χ0) is 19.4. The first kappa shape index (κ1) is 19.0. The first-order chi connectivity index (χ1) is 13.7. The number of likely N-dealkylation sites (tertiary alicyclic amines) is 1.